The van der Waals surface area contributed by atoms with Gasteiger partial charge in [0.05, 0.1) is 17.1 Å². The number of anilines is 3. The minimum atomic E-state index is -4.13. The van der Waals surface area contributed by atoms with E-state index in [-0.39, 0.29) is 18.3 Å². The Morgan fingerprint density at radius 1 is 0.941 bits per heavy atom. The van der Waals surface area contributed by atoms with Crippen LogP contribution in [-0.4, -0.2) is 69.2 Å². The Balaban J connectivity index is 1.47. The zero-order chi connectivity index (χ0) is 24.7. The summed E-state index contributed by atoms with van der Waals surface area (Å²) in [5.74, 6) is -1.74. The zero-order valence-electron chi connectivity index (χ0n) is 19.4. The van der Waals surface area contributed by atoms with Gasteiger partial charge in [0.2, 0.25) is 0 Å². The van der Waals surface area contributed by atoms with Gasteiger partial charge in [-0.2, -0.15) is 8.42 Å². The highest BCUT2D eigenvalue weighted by atomic mass is 32.2. The van der Waals surface area contributed by atoms with E-state index in [1.165, 1.54) is 4.31 Å². The molecule has 4 rings (SSSR count). The van der Waals surface area contributed by atoms with Crippen molar-refractivity contribution in [2.45, 2.75) is 26.4 Å². The maximum Gasteiger partial charge on any atom is 0.410 e. The lowest BCUT2D eigenvalue weighted by molar-refractivity contribution is 0.0148. The van der Waals surface area contributed by atoms with E-state index in [9.17, 15) is 22.0 Å². The quantitative estimate of drug-likeness (QED) is 0.648. The van der Waals surface area contributed by atoms with E-state index in [0.29, 0.717) is 50.2 Å². The number of halogens is 2. The number of para-hydroxylation sites is 2. The fraction of sp³-hybridized carbons (Fsp3) is 0.435. The summed E-state index contributed by atoms with van der Waals surface area (Å²) >= 11 is 0. The highest BCUT2D eigenvalue weighted by Gasteiger charge is 2.42. The molecule has 184 valence electrons. The van der Waals surface area contributed by atoms with Crippen molar-refractivity contribution < 1.29 is 26.7 Å². The number of carbonyl (C=O) groups is 1. The molecular formula is C23H28F2N4O4S. The molecular weight excluding hydrogens is 466 g/mol. The molecule has 0 radical (unpaired) electrons. The Bertz CT molecular complexity index is 1180. The Hall–Kier alpha value is -2.92. The van der Waals surface area contributed by atoms with E-state index in [1.54, 1.807) is 29.2 Å². The number of carbonyl (C=O) groups excluding carboxylic acids is 1. The highest BCUT2D eigenvalue weighted by molar-refractivity contribution is 7.95. The molecule has 0 atom stereocenters. The van der Waals surface area contributed by atoms with Crippen molar-refractivity contribution in [1.29, 1.82) is 0 Å². The van der Waals surface area contributed by atoms with Gasteiger partial charge in [0.1, 0.15) is 11.4 Å². The summed E-state index contributed by atoms with van der Waals surface area (Å²) in [6.45, 7) is 8.12. The van der Waals surface area contributed by atoms with Crippen molar-refractivity contribution >= 4 is 33.4 Å². The molecule has 0 N–H and O–H groups in total. The number of rotatable bonds is 4. The van der Waals surface area contributed by atoms with Crippen LogP contribution in [0.25, 0.3) is 0 Å². The smallest absolute Gasteiger partial charge is 0.410 e. The number of ether oxygens (including phenoxy) is 1. The Labute approximate surface area is 198 Å². The van der Waals surface area contributed by atoms with Gasteiger partial charge in [-0.25, -0.2) is 22.2 Å². The van der Waals surface area contributed by atoms with Crippen LogP contribution in [-0.2, 0) is 14.9 Å². The summed E-state index contributed by atoms with van der Waals surface area (Å²) in [5.41, 5.74) is -0.0644. The van der Waals surface area contributed by atoms with E-state index in [2.05, 4.69) is 4.90 Å². The van der Waals surface area contributed by atoms with E-state index in [0.717, 1.165) is 16.4 Å². The lowest BCUT2D eigenvalue weighted by Crippen LogP contribution is -2.51. The molecule has 34 heavy (non-hydrogen) atoms. The summed E-state index contributed by atoms with van der Waals surface area (Å²) < 4.78 is 62.4. The average molecular weight is 495 g/mol. The van der Waals surface area contributed by atoms with Crippen LogP contribution < -0.4 is 8.61 Å². The third-order valence-electron chi connectivity index (χ3n) is 5.65. The molecule has 0 aromatic heterocycles. The standard InChI is InChI=1S/C23H28F2N4O4S/c1-23(2,3)33-22(30)27-13-10-26(11-14-27)12-15-28-20-6-4-5-7-21(20)29(34(28,31)32)19-9-8-17(24)16-18(19)25/h4-9,16H,10-15H2,1-3H3. The molecule has 0 unspecified atom stereocenters. The Morgan fingerprint density at radius 2 is 1.59 bits per heavy atom. The second-order valence-corrected chi connectivity index (χ2v) is 10.9. The molecule has 1 fully saturated rings. The van der Waals surface area contributed by atoms with Crippen molar-refractivity contribution in [3.63, 3.8) is 0 Å². The predicted octanol–water partition coefficient (Wildman–Crippen LogP) is 3.72. The first-order chi connectivity index (χ1) is 16.0. The van der Waals surface area contributed by atoms with E-state index in [4.69, 9.17) is 4.74 Å². The number of hydrogen-bond donors (Lipinski definition) is 0. The third-order valence-corrected chi connectivity index (χ3v) is 7.44. The number of fused-ring (bicyclic) bond motifs is 1. The van der Waals surface area contributed by atoms with Crippen LogP contribution in [0.1, 0.15) is 20.8 Å². The van der Waals surface area contributed by atoms with E-state index < -0.39 is 27.4 Å². The summed E-state index contributed by atoms with van der Waals surface area (Å²) in [5, 5.41) is 0. The Kier molecular flexibility index (Phi) is 6.43. The fourth-order valence-corrected chi connectivity index (χ4v) is 5.75. The Morgan fingerprint density at radius 3 is 2.21 bits per heavy atom. The number of piperazine rings is 1. The van der Waals surface area contributed by atoms with Crippen LogP contribution in [0.15, 0.2) is 42.5 Å². The van der Waals surface area contributed by atoms with Gasteiger partial charge in [0, 0.05) is 45.3 Å². The summed E-state index contributed by atoms with van der Waals surface area (Å²) in [7, 11) is -4.13. The van der Waals surface area contributed by atoms with Crippen molar-refractivity contribution in [3.05, 3.63) is 54.1 Å². The van der Waals surface area contributed by atoms with Crippen LogP contribution >= 0.6 is 0 Å². The second-order valence-electron chi connectivity index (χ2n) is 9.24. The van der Waals surface area contributed by atoms with Gasteiger partial charge >= 0.3 is 16.3 Å². The largest absolute Gasteiger partial charge is 0.444 e. The van der Waals surface area contributed by atoms with Crippen molar-refractivity contribution in [2.75, 3.05) is 47.9 Å². The first kappa shape index (κ1) is 24.2. The molecule has 2 aromatic carbocycles. The molecule has 0 spiro atoms. The molecule has 2 aliphatic heterocycles. The molecule has 0 bridgehead atoms. The molecule has 11 heteroatoms. The van der Waals surface area contributed by atoms with Gasteiger partial charge in [-0.05, 0) is 45.0 Å². The number of amides is 1. The van der Waals surface area contributed by atoms with Crippen LogP contribution in [0, 0.1) is 11.6 Å². The highest BCUT2D eigenvalue weighted by Crippen LogP contribution is 2.45. The van der Waals surface area contributed by atoms with Gasteiger partial charge < -0.3 is 9.64 Å². The van der Waals surface area contributed by atoms with E-state index in [1.807, 2.05) is 20.8 Å². The summed E-state index contributed by atoms with van der Waals surface area (Å²) in [6, 6.07) is 9.46. The van der Waals surface area contributed by atoms with E-state index >= 15 is 0 Å². The fourth-order valence-electron chi connectivity index (χ4n) is 4.04. The first-order valence-corrected chi connectivity index (χ1v) is 12.4. The molecule has 8 nitrogen and oxygen atoms in total. The molecule has 1 saturated heterocycles. The lowest BCUT2D eigenvalue weighted by atomic mass is 10.2. The molecule has 2 heterocycles. The van der Waals surface area contributed by atoms with Crippen molar-refractivity contribution in [2.24, 2.45) is 0 Å². The van der Waals surface area contributed by atoms with Gasteiger partial charge in [-0.3, -0.25) is 4.90 Å². The number of hydrogen-bond acceptors (Lipinski definition) is 5. The molecule has 2 aliphatic rings. The minimum absolute atomic E-state index is 0.144. The third kappa shape index (κ3) is 4.80. The van der Waals surface area contributed by atoms with Crippen molar-refractivity contribution in [3.8, 4) is 0 Å². The lowest BCUT2D eigenvalue weighted by Gasteiger charge is -2.36. The number of nitrogens with zero attached hydrogens (tertiary/aromatic N) is 4. The number of benzene rings is 2. The van der Waals surface area contributed by atoms with Gasteiger partial charge in [0.25, 0.3) is 0 Å². The molecule has 1 amide bonds. The molecule has 0 saturated carbocycles. The van der Waals surface area contributed by atoms with Gasteiger partial charge in [0.15, 0.2) is 5.82 Å². The molecule has 0 aliphatic carbocycles. The van der Waals surface area contributed by atoms with Gasteiger partial charge in [-0.15, -0.1) is 0 Å². The zero-order valence-corrected chi connectivity index (χ0v) is 20.2. The predicted molar refractivity (Wildman–Crippen MR) is 125 cm³/mol. The minimum Gasteiger partial charge on any atom is -0.444 e. The molecule has 2 aromatic rings. The van der Waals surface area contributed by atoms with Crippen LogP contribution in [0.4, 0.5) is 30.6 Å². The summed E-state index contributed by atoms with van der Waals surface area (Å²) in [6.07, 6.45) is -0.361. The van der Waals surface area contributed by atoms with Crippen LogP contribution in [0.2, 0.25) is 0 Å². The summed E-state index contributed by atoms with van der Waals surface area (Å²) in [4.78, 5) is 16.0. The van der Waals surface area contributed by atoms with Crippen LogP contribution in [0.3, 0.4) is 0 Å². The van der Waals surface area contributed by atoms with Crippen molar-refractivity contribution in [1.82, 2.24) is 9.80 Å². The average Bonchev–Trinajstić information content (AvgIpc) is 2.97. The maximum absolute atomic E-state index is 14.5. The monoisotopic (exact) mass is 494 g/mol. The SMILES string of the molecule is CC(C)(C)OC(=O)N1CCN(CCN2c3ccccc3N(c3ccc(F)cc3F)S2(=O)=O)CC1. The second kappa shape index (κ2) is 9.03. The van der Waals surface area contributed by atoms with Gasteiger partial charge in [-0.1, -0.05) is 12.1 Å². The topological polar surface area (TPSA) is 73.4 Å². The first-order valence-electron chi connectivity index (χ1n) is 11.0. The van der Waals surface area contributed by atoms with Crippen LogP contribution in [0.5, 0.6) is 0 Å². The maximum atomic E-state index is 14.5. The normalized spacial score (nSPS) is 18.2.